The molecule has 2 atom stereocenters. The highest BCUT2D eigenvalue weighted by Crippen LogP contribution is 2.28. The maximum atomic E-state index is 12.4. The topological polar surface area (TPSA) is 132 Å². The minimum atomic E-state index is -1.07. The number of carbonyl (C=O) groups is 3. The van der Waals surface area contributed by atoms with E-state index >= 15 is 0 Å². The third-order valence-electron chi connectivity index (χ3n) is 4.86. The first-order valence-corrected chi connectivity index (χ1v) is 10.5. The van der Waals surface area contributed by atoms with Crippen molar-refractivity contribution < 1.29 is 24.0 Å². The summed E-state index contributed by atoms with van der Waals surface area (Å²) >= 11 is 1.15. The number of ether oxygens (including phenoxy) is 1. The average Bonchev–Trinajstić information content (AvgIpc) is 3.34. The molecular weight excluding hydrogens is 424 g/mol. The Kier molecular flexibility index (Phi) is 6.64. The van der Waals surface area contributed by atoms with Gasteiger partial charge in [-0.15, -0.1) is 11.3 Å². The number of amides is 2. The molecule has 1 fully saturated rings. The smallest absolute Gasteiger partial charge is 0.312 e. The van der Waals surface area contributed by atoms with Crippen molar-refractivity contribution in [2.75, 3.05) is 11.9 Å². The van der Waals surface area contributed by atoms with Gasteiger partial charge in [0.2, 0.25) is 5.91 Å². The number of hydrogen-bond donors (Lipinski definition) is 1. The number of thiazole rings is 1. The lowest BCUT2D eigenvalue weighted by atomic mass is 10.1. The van der Waals surface area contributed by atoms with Gasteiger partial charge < -0.3 is 9.64 Å². The van der Waals surface area contributed by atoms with Crippen molar-refractivity contribution in [3.63, 3.8) is 0 Å². The quantitative estimate of drug-likeness (QED) is 0.393. The molecule has 0 spiro atoms. The summed E-state index contributed by atoms with van der Waals surface area (Å²) in [5.41, 5.74) is 0.968. The third-order valence-corrected chi connectivity index (χ3v) is 5.62. The van der Waals surface area contributed by atoms with Crippen molar-refractivity contribution in [1.29, 1.82) is 0 Å². The molecule has 1 aromatic carbocycles. The zero-order chi connectivity index (χ0) is 22.7. The van der Waals surface area contributed by atoms with E-state index in [1.807, 2.05) is 13.8 Å². The Balaban J connectivity index is 1.58. The van der Waals surface area contributed by atoms with Gasteiger partial charge in [0, 0.05) is 42.1 Å². The highest BCUT2D eigenvalue weighted by molar-refractivity contribution is 7.14. The molecule has 0 bridgehead atoms. The van der Waals surface area contributed by atoms with Crippen LogP contribution in [0.1, 0.15) is 27.2 Å². The van der Waals surface area contributed by atoms with Crippen LogP contribution in [0.25, 0.3) is 11.3 Å². The summed E-state index contributed by atoms with van der Waals surface area (Å²) in [7, 11) is 0. The second-order valence-corrected chi connectivity index (χ2v) is 8.31. The number of esters is 1. The number of aromatic nitrogens is 1. The number of likely N-dealkylation sites (tertiary alicyclic amines) is 1. The first-order valence-electron chi connectivity index (χ1n) is 9.67. The number of nitrogens with one attached hydrogen (secondary N) is 1. The van der Waals surface area contributed by atoms with Crippen LogP contribution in [0.4, 0.5) is 10.8 Å². The van der Waals surface area contributed by atoms with Gasteiger partial charge in [-0.05, 0) is 20.8 Å². The van der Waals surface area contributed by atoms with E-state index in [9.17, 15) is 24.5 Å². The maximum Gasteiger partial charge on any atom is 0.312 e. The second kappa shape index (κ2) is 9.21. The Hall–Kier alpha value is -3.34. The summed E-state index contributed by atoms with van der Waals surface area (Å²) in [5.74, 6) is -1.84. The zero-order valence-corrected chi connectivity index (χ0v) is 18.0. The Morgan fingerprint density at radius 2 is 2.10 bits per heavy atom. The molecule has 0 saturated carbocycles. The van der Waals surface area contributed by atoms with Crippen molar-refractivity contribution >= 4 is 39.9 Å². The van der Waals surface area contributed by atoms with Crippen LogP contribution in [0.2, 0.25) is 0 Å². The molecule has 1 saturated heterocycles. The van der Waals surface area contributed by atoms with Crippen molar-refractivity contribution in [3.8, 4) is 11.3 Å². The van der Waals surface area contributed by atoms with Crippen LogP contribution in [0, 0.1) is 16.0 Å². The van der Waals surface area contributed by atoms with Crippen molar-refractivity contribution in [3.05, 3.63) is 39.8 Å². The number of benzene rings is 1. The van der Waals surface area contributed by atoms with Gasteiger partial charge >= 0.3 is 5.97 Å². The van der Waals surface area contributed by atoms with Crippen LogP contribution in [-0.4, -0.2) is 51.3 Å². The van der Waals surface area contributed by atoms with Gasteiger partial charge in [-0.3, -0.25) is 29.8 Å². The standard InChI is InChI=1S/C20H22N4O6S/c1-11(2)23-9-14(8-17(23)25)19(27)30-12(3)18(26)22-20-21-16(10-31-20)13-5-4-6-15(7-13)24(28)29/h4-7,10-12,14H,8-9H2,1-3H3,(H,21,22,26). The fourth-order valence-electron chi connectivity index (χ4n) is 3.16. The molecule has 0 radical (unpaired) electrons. The number of hydrogen-bond acceptors (Lipinski definition) is 8. The number of anilines is 1. The van der Waals surface area contributed by atoms with Gasteiger partial charge in [0.1, 0.15) is 0 Å². The van der Waals surface area contributed by atoms with Crippen molar-refractivity contribution in [2.24, 2.45) is 5.92 Å². The molecule has 31 heavy (non-hydrogen) atoms. The van der Waals surface area contributed by atoms with E-state index in [4.69, 9.17) is 4.74 Å². The van der Waals surface area contributed by atoms with E-state index in [1.54, 1.807) is 22.4 Å². The second-order valence-electron chi connectivity index (χ2n) is 7.45. The predicted molar refractivity (Wildman–Crippen MR) is 113 cm³/mol. The molecule has 2 amide bonds. The summed E-state index contributed by atoms with van der Waals surface area (Å²) in [4.78, 5) is 53.0. The Morgan fingerprint density at radius 3 is 2.74 bits per heavy atom. The van der Waals surface area contributed by atoms with E-state index in [0.717, 1.165) is 11.3 Å². The van der Waals surface area contributed by atoms with E-state index in [2.05, 4.69) is 10.3 Å². The molecule has 1 aliphatic rings. The largest absolute Gasteiger partial charge is 0.452 e. The molecule has 2 unspecified atom stereocenters. The monoisotopic (exact) mass is 446 g/mol. The van der Waals surface area contributed by atoms with Crippen LogP contribution >= 0.6 is 11.3 Å². The number of nitrogens with zero attached hydrogens (tertiary/aromatic N) is 3. The summed E-state index contributed by atoms with van der Waals surface area (Å²) < 4.78 is 5.25. The molecule has 0 aliphatic carbocycles. The highest BCUT2D eigenvalue weighted by Gasteiger charge is 2.37. The third kappa shape index (κ3) is 5.23. The van der Waals surface area contributed by atoms with E-state index in [-0.39, 0.29) is 35.7 Å². The van der Waals surface area contributed by atoms with Gasteiger partial charge in [0.15, 0.2) is 11.2 Å². The van der Waals surface area contributed by atoms with E-state index < -0.39 is 28.8 Å². The van der Waals surface area contributed by atoms with E-state index in [1.165, 1.54) is 19.1 Å². The minimum absolute atomic E-state index is 0.00355. The van der Waals surface area contributed by atoms with Crippen LogP contribution in [0.3, 0.4) is 0 Å². The van der Waals surface area contributed by atoms with Crippen LogP contribution in [0.15, 0.2) is 29.6 Å². The molecule has 2 heterocycles. The van der Waals surface area contributed by atoms with Crippen molar-refractivity contribution in [2.45, 2.75) is 39.3 Å². The number of nitro groups is 1. The fraction of sp³-hybridized carbons (Fsp3) is 0.400. The molecule has 164 valence electrons. The first-order chi connectivity index (χ1) is 14.7. The van der Waals surface area contributed by atoms with Gasteiger partial charge in [-0.1, -0.05) is 12.1 Å². The number of non-ortho nitro benzene ring substituents is 1. The number of nitro benzene ring substituents is 1. The first kappa shape index (κ1) is 22.3. The van der Waals surface area contributed by atoms with Gasteiger partial charge in [0.25, 0.3) is 11.6 Å². The molecule has 1 aliphatic heterocycles. The zero-order valence-electron chi connectivity index (χ0n) is 17.2. The SMILES string of the molecule is CC(OC(=O)C1CC(=O)N(C(C)C)C1)C(=O)Nc1nc(-c2cccc([N+](=O)[O-])c2)cs1. The predicted octanol–water partition coefficient (Wildman–Crippen LogP) is 2.85. The molecule has 10 nitrogen and oxygen atoms in total. The molecule has 3 rings (SSSR count). The Morgan fingerprint density at radius 1 is 1.35 bits per heavy atom. The van der Waals surface area contributed by atoms with E-state index in [0.29, 0.717) is 11.3 Å². The minimum Gasteiger partial charge on any atom is -0.452 e. The summed E-state index contributed by atoms with van der Waals surface area (Å²) in [6.07, 6.45) is -0.995. The fourth-order valence-corrected chi connectivity index (χ4v) is 3.88. The van der Waals surface area contributed by atoms with Gasteiger partial charge in [-0.2, -0.15) is 0 Å². The molecule has 11 heteroatoms. The highest BCUT2D eigenvalue weighted by atomic mass is 32.1. The van der Waals surface area contributed by atoms with Crippen LogP contribution in [0.5, 0.6) is 0 Å². The lowest BCUT2D eigenvalue weighted by Gasteiger charge is -2.21. The molecule has 1 aromatic heterocycles. The molecule has 1 N–H and O–H groups in total. The average molecular weight is 446 g/mol. The van der Waals surface area contributed by atoms with Crippen LogP contribution in [-0.2, 0) is 19.1 Å². The van der Waals surface area contributed by atoms with Gasteiger partial charge in [-0.25, -0.2) is 4.98 Å². The molecular formula is C20H22N4O6S. The van der Waals surface area contributed by atoms with Crippen LogP contribution < -0.4 is 5.32 Å². The normalized spacial score (nSPS) is 17.0. The molecule has 2 aromatic rings. The maximum absolute atomic E-state index is 12.4. The van der Waals surface area contributed by atoms with Gasteiger partial charge in [0.05, 0.1) is 16.5 Å². The number of carbonyl (C=O) groups excluding carboxylic acids is 3. The Bertz CT molecular complexity index is 1020. The summed E-state index contributed by atoms with van der Waals surface area (Å²) in [5, 5.41) is 15.4. The lowest BCUT2D eigenvalue weighted by molar-refractivity contribution is -0.384. The van der Waals surface area contributed by atoms with Crippen molar-refractivity contribution in [1.82, 2.24) is 9.88 Å². The number of rotatable bonds is 7. The lowest BCUT2D eigenvalue weighted by Crippen LogP contribution is -2.35. The summed E-state index contributed by atoms with van der Waals surface area (Å²) in [6.45, 7) is 5.47. The Labute approximate surface area is 182 Å². The summed E-state index contributed by atoms with van der Waals surface area (Å²) in [6, 6.07) is 6.01.